The quantitative estimate of drug-likeness (QED) is 0.681. The van der Waals surface area contributed by atoms with E-state index in [1.165, 1.54) is 13.2 Å². The lowest BCUT2D eigenvalue weighted by Gasteiger charge is -2.13. The first kappa shape index (κ1) is 18.7. The number of amides is 1. The third-order valence-corrected chi connectivity index (χ3v) is 5.23. The zero-order valence-corrected chi connectivity index (χ0v) is 15.8. The van der Waals surface area contributed by atoms with Crippen LogP contribution in [0.4, 0.5) is 11.4 Å². The van der Waals surface area contributed by atoms with Gasteiger partial charge in [0.2, 0.25) is 5.91 Å². The Bertz CT molecular complexity index is 1090. The summed E-state index contributed by atoms with van der Waals surface area (Å²) < 4.78 is 29.1. The van der Waals surface area contributed by atoms with Crippen molar-refractivity contribution in [3.63, 3.8) is 0 Å². The van der Waals surface area contributed by atoms with Crippen molar-refractivity contribution in [2.75, 3.05) is 30.5 Å². The smallest absolute Gasteiger partial charge is 0.243 e. The Kier molecular flexibility index (Phi) is 5.32. The molecule has 0 aliphatic carbocycles. The molecular formula is C20H20N2O4S. The number of anilines is 2. The van der Waals surface area contributed by atoms with Gasteiger partial charge in [0.1, 0.15) is 5.75 Å². The van der Waals surface area contributed by atoms with Crippen molar-refractivity contribution in [2.24, 2.45) is 0 Å². The van der Waals surface area contributed by atoms with E-state index in [2.05, 4.69) is 10.6 Å². The number of nitrogens with one attached hydrogen (secondary N) is 2. The van der Waals surface area contributed by atoms with Gasteiger partial charge in [-0.05, 0) is 23.6 Å². The number of benzene rings is 3. The highest BCUT2D eigenvalue weighted by molar-refractivity contribution is 7.90. The van der Waals surface area contributed by atoms with E-state index in [0.29, 0.717) is 17.1 Å². The Labute approximate surface area is 158 Å². The molecule has 140 valence electrons. The largest absolute Gasteiger partial charge is 0.497 e. The van der Waals surface area contributed by atoms with Crippen LogP contribution in [-0.2, 0) is 14.6 Å². The van der Waals surface area contributed by atoms with E-state index in [1.54, 1.807) is 12.1 Å². The van der Waals surface area contributed by atoms with Crippen molar-refractivity contribution in [2.45, 2.75) is 4.90 Å². The van der Waals surface area contributed by atoms with E-state index in [-0.39, 0.29) is 17.3 Å². The van der Waals surface area contributed by atoms with E-state index < -0.39 is 9.84 Å². The van der Waals surface area contributed by atoms with Crippen LogP contribution in [0.15, 0.2) is 65.6 Å². The molecule has 0 atom stereocenters. The second-order valence-corrected chi connectivity index (χ2v) is 8.05. The van der Waals surface area contributed by atoms with Crippen molar-refractivity contribution in [1.82, 2.24) is 0 Å². The monoisotopic (exact) mass is 384 g/mol. The second kappa shape index (κ2) is 7.67. The van der Waals surface area contributed by atoms with E-state index in [0.717, 1.165) is 17.0 Å². The summed E-state index contributed by atoms with van der Waals surface area (Å²) in [5.41, 5.74) is 1.06. The molecule has 0 spiro atoms. The number of ether oxygens (including phenoxy) is 1. The Morgan fingerprint density at radius 3 is 2.48 bits per heavy atom. The first-order valence-corrected chi connectivity index (χ1v) is 10.2. The molecule has 3 aromatic rings. The van der Waals surface area contributed by atoms with Crippen LogP contribution in [0.1, 0.15) is 0 Å². The lowest BCUT2D eigenvalue weighted by atomic mass is 10.1. The van der Waals surface area contributed by atoms with E-state index in [1.807, 2.05) is 42.5 Å². The van der Waals surface area contributed by atoms with Crippen molar-refractivity contribution in [3.8, 4) is 5.75 Å². The minimum atomic E-state index is -3.48. The SMILES string of the molecule is COc1ccc(NCC(=O)Nc2cccc3ccccc23)c(S(C)(=O)=O)c1. The second-order valence-electron chi connectivity index (χ2n) is 6.06. The molecule has 0 aliphatic rings. The Morgan fingerprint density at radius 2 is 1.74 bits per heavy atom. The lowest BCUT2D eigenvalue weighted by molar-refractivity contribution is -0.114. The van der Waals surface area contributed by atoms with Gasteiger partial charge in [-0.25, -0.2) is 8.42 Å². The van der Waals surface area contributed by atoms with Crippen LogP contribution >= 0.6 is 0 Å². The number of methoxy groups -OCH3 is 1. The van der Waals surface area contributed by atoms with Crippen molar-refractivity contribution < 1.29 is 17.9 Å². The number of fused-ring (bicyclic) bond motifs is 1. The molecule has 7 heteroatoms. The molecule has 0 fully saturated rings. The molecule has 0 radical (unpaired) electrons. The molecule has 0 unspecified atom stereocenters. The summed E-state index contributed by atoms with van der Waals surface area (Å²) >= 11 is 0. The van der Waals surface area contributed by atoms with Gasteiger partial charge in [0.05, 0.1) is 24.2 Å². The average molecular weight is 384 g/mol. The summed E-state index contributed by atoms with van der Waals surface area (Å²) in [6, 6.07) is 18.1. The molecule has 0 aromatic heterocycles. The summed E-state index contributed by atoms with van der Waals surface area (Å²) in [6.07, 6.45) is 1.11. The molecule has 0 saturated carbocycles. The lowest BCUT2D eigenvalue weighted by Crippen LogP contribution is -2.22. The van der Waals surface area contributed by atoms with Crippen LogP contribution in [0, 0.1) is 0 Å². The Morgan fingerprint density at radius 1 is 1.00 bits per heavy atom. The fourth-order valence-electron chi connectivity index (χ4n) is 2.79. The van der Waals surface area contributed by atoms with Gasteiger partial charge in [0.25, 0.3) is 0 Å². The highest BCUT2D eigenvalue weighted by Gasteiger charge is 2.15. The molecule has 3 rings (SSSR count). The maximum Gasteiger partial charge on any atom is 0.243 e. The minimum absolute atomic E-state index is 0.0714. The third-order valence-electron chi connectivity index (χ3n) is 4.09. The topological polar surface area (TPSA) is 84.5 Å². The molecule has 1 amide bonds. The Balaban J connectivity index is 1.76. The minimum Gasteiger partial charge on any atom is -0.497 e. The van der Waals surface area contributed by atoms with Crippen LogP contribution in [0.3, 0.4) is 0 Å². The average Bonchev–Trinajstić information content (AvgIpc) is 2.66. The highest BCUT2D eigenvalue weighted by atomic mass is 32.2. The zero-order chi connectivity index (χ0) is 19.4. The van der Waals surface area contributed by atoms with Crippen LogP contribution in [0.25, 0.3) is 10.8 Å². The van der Waals surface area contributed by atoms with Crippen molar-refractivity contribution >= 4 is 37.9 Å². The van der Waals surface area contributed by atoms with E-state index in [4.69, 9.17) is 4.74 Å². The summed E-state index contributed by atoms with van der Waals surface area (Å²) in [6.45, 7) is -0.0714. The maximum atomic E-state index is 12.4. The predicted octanol–water partition coefficient (Wildman–Crippen LogP) is 3.30. The first-order chi connectivity index (χ1) is 12.9. The standard InChI is InChI=1S/C20H20N2O4S/c1-26-15-10-11-18(19(12-15)27(2,24)25)21-13-20(23)22-17-9-5-7-14-6-3-4-8-16(14)17/h3-12,21H,13H2,1-2H3,(H,22,23). The van der Waals surface area contributed by atoms with E-state index >= 15 is 0 Å². The molecule has 6 nitrogen and oxygen atoms in total. The van der Waals surface area contributed by atoms with E-state index in [9.17, 15) is 13.2 Å². The van der Waals surface area contributed by atoms with Gasteiger partial charge >= 0.3 is 0 Å². The summed E-state index contributed by atoms with van der Waals surface area (Å²) in [5.74, 6) is 0.155. The summed E-state index contributed by atoms with van der Waals surface area (Å²) in [4.78, 5) is 12.4. The van der Waals surface area contributed by atoms with Crippen LogP contribution in [-0.4, -0.2) is 34.2 Å². The fourth-order valence-corrected chi connectivity index (χ4v) is 3.66. The number of carbonyl (C=O) groups excluding carboxylic acids is 1. The highest BCUT2D eigenvalue weighted by Crippen LogP contribution is 2.26. The summed E-state index contributed by atoms with van der Waals surface area (Å²) in [5, 5.41) is 7.72. The first-order valence-electron chi connectivity index (χ1n) is 8.28. The molecular weight excluding hydrogens is 364 g/mol. The maximum absolute atomic E-state index is 12.4. The van der Waals surface area contributed by atoms with Gasteiger partial charge in [-0.15, -0.1) is 0 Å². The van der Waals surface area contributed by atoms with Crippen LogP contribution in [0.5, 0.6) is 5.75 Å². The molecule has 0 bridgehead atoms. The van der Waals surface area contributed by atoms with Crippen LogP contribution in [0.2, 0.25) is 0 Å². The normalized spacial score (nSPS) is 11.2. The van der Waals surface area contributed by atoms with Gasteiger partial charge in [-0.1, -0.05) is 36.4 Å². The Hall–Kier alpha value is -3.06. The molecule has 27 heavy (non-hydrogen) atoms. The predicted molar refractivity (Wildman–Crippen MR) is 107 cm³/mol. The zero-order valence-electron chi connectivity index (χ0n) is 15.0. The van der Waals surface area contributed by atoms with Gasteiger partial charge in [-0.3, -0.25) is 4.79 Å². The van der Waals surface area contributed by atoms with Crippen molar-refractivity contribution in [3.05, 3.63) is 60.7 Å². The van der Waals surface area contributed by atoms with Gasteiger partial charge in [0.15, 0.2) is 9.84 Å². The summed E-state index contributed by atoms with van der Waals surface area (Å²) in [7, 11) is -2.01. The number of rotatable bonds is 6. The molecule has 0 saturated heterocycles. The van der Waals surface area contributed by atoms with Crippen molar-refractivity contribution in [1.29, 1.82) is 0 Å². The van der Waals surface area contributed by atoms with Gasteiger partial charge < -0.3 is 15.4 Å². The third kappa shape index (κ3) is 4.38. The van der Waals surface area contributed by atoms with Gasteiger partial charge in [0, 0.05) is 23.4 Å². The molecule has 0 aliphatic heterocycles. The number of sulfone groups is 1. The molecule has 0 heterocycles. The fraction of sp³-hybridized carbons (Fsp3) is 0.150. The molecule has 3 aromatic carbocycles. The molecule has 2 N–H and O–H groups in total. The van der Waals surface area contributed by atoms with Gasteiger partial charge in [-0.2, -0.15) is 0 Å². The number of hydrogen-bond acceptors (Lipinski definition) is 5. The number of carbonyl (C=O) groups is 1. The van der Waals surface area contributed by atoms with Crippen LogP contribution < -0.4 is 15.4 Å². The number of hydrogen-bond donors (Lipinski definition) is 2.